The maximum Gasteiger partial charge on any atom is 0.298 e. The largest absolute Gasteiger partial charge is 0.486 e. The van der Waals surface area contributed by atoms with Crippen LogP contribution in [0.5, 0.6) is 5.75 Å². The predicted octanol–water partition coefficient (Wildman–Crippen LogP) is 4.30. The number of nitrogen functional groups attached to an aromatic ring is 1. The van der Waals surface area contributed by atoms with E-state index in [0.717, 1.165) is 18.9 Å². The van der Waals surface area contributed by atoms with Crippen LogP contribution in [0.3, 0.4) is 0 Å². The van der Waals surface area contributed by atoms with E-state index in [0.29, 0.717) is 16.7 Å². The second kappa shape index (κ2) is 11.3. The first-order valence-corrected chi connectivity index (χ1v) is 12.0. The molecule has 0 atom stereocenters. The number of hydrogen-bond acceptors (Lipinski definition) is 6. The molecule has 1 heterocycles. The molecule has 1 aliphatic carbocycles. The molecule has 0 radical (unpaired) electrons. The lowest BCUT2D eigenvalue weighted by atomic mass is 10.0. The Balaban J connectivity index is 1.61. The number of carbonyl (C=O) groups excluding carboxylic acids is 2. The number of rotatable bonds is 8. The molecule has 1 fully saturated rings. The number of benzene rings is 2. The summed E-state index contributed by atoms with van der Waals surface area (Å²) in [5, 5.41) is 2.63. The second-order valence-corrected chi connectivity index (χ2v) is 8.95. The van der Waals surface area contributed by atoms with E-state index in [-0.39, 0.29) is 53.5 Å². The van der Waals surface area contributed by atoms with E-state index < -0.39 is 17.5 Å². The highest BCUT2D eigenvalue weighted by Crippen LogP contribution is 2.42. The van der Waals surface area contributed by atoms with E-state index in [4.69, 9.17) is 10.5 Å². The molecule has 8 nitrogen and oxygen atoms in total. The summed E-state index contributed by atoms with van der Waals surface area (Å²) in [6, 6.07) is 7.11. The molecule has 2 amide bonds. The van der Waals surface area contributed by atoms with Crippen molar-refractivity contribution in [1.82, 2.24) is 14.9 Å². The Bertz CT molecular complexity index is 1460. The van der Waals surface area contributed by atoms with E-state index in [2.05, 4.69) is 27.1 Å². The Hall–Kier alpha value is -4.52. The van der Waals surface area contributed by atoms with Gasteiger partial charge < -0.3 is 20.7 Å². The van der Waals surface area contributed by atoms with Crippen molar-refractivity contribution < 1.29 is 23.1 Å². The SMILES string of the molecule is CC#CC(=O)N(C)CCOc1c(N)ncnc1-c1cc(F)cc(NC(=O)c2cccc(C3CC3)c2F)c1C. The monoisotopic (exact) mass is 519 g/mol. The number of hydrogen-bond donors (Lipinski definition) is 2. The Labute approximate surface area is 219 Å². The lowest BCUT2D eigenvalue weighted by molar-refractivity contribution is -0.124. The molecular weight excluding hydrogens is 492 g/mol. The molecule has 0 aliphatic heterocycles. The smallest absolute Gasteiger partial charge is 0.298 e. The number of carbonyl (C=O) groups is 2. The molecule has 2 aromatic carbocycles. The summed E-state index contributed by atoms with van der Waals surface area (Å²) in [5.41, 5.74) is 7.57. The minimum atomic E-state index is -0.689. The van der Waals surface area contributed by atoms with Crippen LogP contribution < -0.4 is 15.8 Å². The van der Waals surface area contributed by atoms with Gasteiger partial charge in [-0.3, -0.25) is 9.59 Å². The van der Waals surface area contributed by atoms with E-state index in [1.54, 1.807) is 33.0 Å². The van der Waals surface area contributed by atoms with E-state index in [9.17, 15) is 18.4 Å². The average Bonchev–Trinajstić information content (AvgIpc) is 3.72. The van der Waals surface area contributed by atoms with Gasteiger partial charge in [-0.1, -0.05) is 18.1 Å². The van der Waals surface area contributed by atoms with Gasteiger partial charge in [-0.25, -0.2) is 18.7 Å². The normalized spacial score (nSPS) is 12.3. The highest BCUT2D eigenvalue weighted by Gasteiger charge is 2.29. The summed E-state index contributed by atoms with van der Waals surface area (Å²) in [7, 11) is 1.58. The summed E-state index contributed by atoms with van der Waals surface area (Å²) in [6.45, 7) is 3.48. The van der Waals surface area contributed by atoms with Gasteiger partial charge in [0.25, 0.3) is 11.8 Å². The van der Waals surface area contributed by atoms with Crippen LogP contribution in [0.15, 0.2) is 36.7 Å². The zero-order valence-electron chi connectivity index (χ0n) is 21.3. The molecule has 1 aromatic heterocycles. The summed E-state index contributed by atoms with van der Waals surface area (Å²) >= 11 is 0. The maximum absolute atomic E-state index is 15.0. The van der Waals surface area contributed by atoms with Crippen molar-refractivity contribution in [2.75, 3.05) is 31.2 Å². The number of anilines is 2. The first-order chi connectivity index (χ1) is 18.2. The molecule has 38 heavy (non-hydrogen) atoms. The number of halogens is 2. The summed E-state index contributed by atoms with van der Waals surface area (Å²) < 4.78 is 35.6. The second-order valence-electron chi connectivity index (χ2n) is 8.95. The third-order valence-electron chi connectivity index (χ3n) is 6.25. The fraction of sp³-hybridized carbons (Fsp3) is 0.286. The van der Waals surface area contributed by atoms with Gasteiger partial charge in [-0.15, -0.1) is 0 Å². The molecule has 3 aromatic rings. The first kappa shape index (κ1) is 26.5. The van der Waals surface area contributed by atoms with Gasteiger partial charge >= 0.3 is 0 Å². The zero-order chi connectivity index (χ0) is 27.4. The number of ether oxygens (including phenoxy) is 1. The predicted molar refractivity (Wildman–Crippen MR) is 139 cm³/mol. The van der Waals surface area contributed by atoms with Crippen molar-refractivity contribution in [2.45, 2.75) is 32.6 Å². The Morgan fingerprint density at radius 1 is 1.24 bits per heavy atom. The standard InChI is InChI=1S/C28H27F2N5O3/c1-4-6-23(36)35(3)11-12-38-26-25(32-15-33-27(26)31)21-13-18(29)14-22(16(21)2)34-28(37)20-8-5-7-19(24(20)30)17-9-10-17/h5,7-8,13-15,17H,9-12H2,1-3H3,(H,34,37)(H2,31,32,33). The van der Waals surface area contributed by atoms with Gasteiger partial charge in [0.1, 0.15) is 30.3 Å². The summed E-state index contributed by atoms with van der Waals surface area (Å²) in [4.78, 5) is 34.4. The van der Waals surface area contributed by atoms with Crippen LogP contribution in [0.2, 0.25) is 0 Å². The topological polar surface area (TPSA) is 110 Å². The molecule has 196 valence electrons. The Kier molecular flexibility index (Phi) is 7.86. The van der Waals surface area contributed by atoms with Crippen LogP contribution in [0.4, 0.5) is 20.3 Å². The molecule has 0 bridgehead atoms. The van der Waals surface area contributed by atoms with E-state index >= 15 is 0 Å². The fourth-order valence-electron chi connectivity index (χ4n) is 3.99. The third-order valence-corrected chi connectivity index (χ3v) is 6.25. The summed E-state index contributed by atoms with van der Waals surface area (Å²) in [6.07, 6.45) is 2.99. The molecule has 4 rings (SSSR count). The quantitative estimate of drug-likeness (QED) is 0.430. The number of nitrogens with two attached hydrogens (primary N) is 1. The highest BCUT2D eigenvalue weighted by molar-refractivity contribution is 6.05. The molecule has 3 N–H and O–H groups in total. The Morgan fingerprint density at radius 2 is 2.00 bits per heavy atom. The summed E-state index contributed by atoms with van der Waals surface area (Å²) in [5.74, 6) is 2.96. The van der Waals surface area contributed by atoms with Crippen LogP contribution in [0, 0.1) is 30.4 Å². The fourth-order valence-corrected chi connectivity index (χ4v) is 3.99. The van der Waals surface area contributed by atoms with Crippen molar-refractivity contribution in [2.24, 2.45) is 0 Å². The highest BCUT2D eigenvalue weighted by atomic mass is 19.1. The molecule has 10 heteroatoms. The van der Waals surface area contributed by atoms with E-state index in [1.165, 1.54) is 23.4 Å². The number of aromatic nitrogens is 2. The van der Waals surface area contributed by atoms with Crippen LogP contribution in [-0.4, -0.2) is 46.9 Å². The molecule has 0 saturated heterocycles. The van der Waals surface area contributed by atoms with Crippen LogP contribution >= 0.6 is 0 Å². The average molecular weight is 520 g/mol. The van der Waals surface area contributed by atoms with Crippen LogP contribution in [0.1, 0.15) is 47.2 Å². The molecular formula is C28H27F2N5O3. The van der Waals surface area contributed by atoms with Gasteiger partial charge in [0.05, 0.1) is 12.1 Å². The van der Waals surface area contributed by atoms with Crippen molar-refractivity contribution in [3.63, 3.8) is 0 Å². The lowest BCUT2D eigenvalue weighted by Crippen LogP contribution is -2.29. The lowest BCUT2D eigenvalue weighted by Gasteiger charge is -2.18. The zero-order valence-corrected chi connectivity index (χ0v) is 21.3. The minimum Gasteiger partial charge on any atom is -0.486 e. The number of likely N-dealkylation sites (N-methyl/N-ethyl adjacent to an activating group) is 1. The van der Waals surface area contributed by atoms with Gasteiger partial charge in [-0.05, 0) is 67.9 Å². The number of amides is 2. The Morgan fingerprint density at radius 3 is 2.71 bits per heavy atom. The van der Waals surface area contributed by atoms with Crippen molar-refractivity contribution in [3.05, 3.63) is 65.0 Å². The first-order valence-electron chi connectivity index (χ1n) is 12.0. The minimum absolute atomic E-state index is 0.0190. The van der Waals surface area contributed by atoms with Gasteiger partial charge in [-0.2, -0.15) is 0 Å². The number of nitrogens with one attached hydrogen (secondary N) is 1. The van der Waals surface area contributed by atoms with Crippen molar-refractivity contribution >= 4 is 23.3 Å². The molecule has 0 unspecified atom stereocenters. The van der Waals surface area contributed by atoms with Gasteiger partial charge in [0.15, 0.2) is 11.6 Å². The van der Waals surface area contributed by atoms with Gasteiger partial charge in [0.2, 0.25) is 0 Å². The van der Waals surface area contributed by atoms with Crippen molar-refractivity contribution in [3.8, 4) is 28.8 Å². The molecule has 1 aliphatic rings. The van der Waals surface area contributed by atoms with Gasteiger partial charge in [0, 0.05) is 18.3 Å². The number of nitrogens with zero attached hydrogens (tertiary/aromatic N) is 3. The molecule has 1 saturated carbocycles. The van der Waals surface area contributed by atoms with Crippen LogP contribution in [-0.2, 0) is 4.79 Å². The van der Waals surface area contributed by atoms with Crippen LogP contribution in [0.25, 0.3) is 11.3 Å². The maximum atomic E-state index is 15.0. The molecule has 0 spiro atoms. The van der Waals surface area contributed by atoms with Crippen molar-refractivity contribution in [1.29, 1.82) is 0 Å². The van der Waals surface area contributed by atoms with E-state index in [1.807, 2.05) is 0 Å². The third kappa shape index (κ3) is 5.72.